The maximum atomic E-state index is 12.2. The first-order valence-corrected chi connectivity index (χ1v) is 7.01. The minimum Gasteiger partial charge on any atom is -0.456 e. The number of allylic oxidation sites excluding steroid dienone is 2. The Morgan fingerprint density at radius 2 is 1.86 bits per heavy atom. The smallest absolute Gasteiger partial charge is 0.341 e. The molecule has 0 aliphatic heterocycles. The Morgan fingerprint density at radius 3 is 2.48 bits per heavy atom. The second-order valence-electron chi connectivity index (χ2n) is 6.15. The second kappa shape index (κ2) is 5.68. The topological polar surface area (TPSA) is 43.4 Å². The molecule has 0 saturated heterocycles. The largest absolute Gasteiger partial charge is 0.456 e. The van der Waals surface area contributed by atoms with Crippen LogP contribution in [0.4, 0.5) is 0 Å². The summed E-state index contributed by atoms with van der Waals surface area (Å²) < 4.78 is 5.31. The van der Waals surface area contributed by atoms with Crippen molar-refractivity contribution in [2.75, 3.05) is 0 Å². The molecular formula is C18H20O3. The number of ether oxygens (including phenoxy) is 1. The van der Waals surface area contributed by atoms with Crippen LogP contribution >= 0.6 is 0 Å². The number of carbonyl (C=O) groups is 2. The van der Waals surface area contributed by atoms with Crippen LogP contribution in [0.15, 0.2) is 42.0 Å². The molecule has 1 aromatic carbocycles. The average Bonchev–Trinajstić information content (AvgIpc) is 2.76. The molecular weight excluding hydrogens is 264 g/mol. The standard InChI is InChI=1S/C18H20O3/c1-12(19)16(17(20)21-18(2,3)4)11-14-10-9-13-7-5-6-8-15(13)14/h5-11,14H,1-4H3. The quantitative estimate of drug-likeness (QED) is 0.368. The van der Waals surface area contributed by atoms with Crippen LogP contribution in [0, 0.1) is 0 Å². The van der Waals surface area contributed by atoms with Gasteiger partial charge in [-0.05, 0) is 38.8 Å². The van der Waals surface area contributed by atoms with Crippen LogP contribution in [0.3, 0.4) is 0 Å². The summed E-state index contributed by atoms with van der Waals surface area (Å²) in [7, 11) is 0. The predicted octanol–water partition coefficient (Wildman–Crippen LogP) is 3.65. The molecule has 1 atom stereocenters. The molecule has 1 aliphatic carbocycles. The van der Waals surface area contributed by atoms with E-state index >= 15 is 0 Å². The molecule has 3 nitrogen and oxygen atoms in total. The number of hydrogen-bond acceptors (Lipinski definition) is 3. The lowest BCUT2D eigenvalue weighted by Gasteiger charge is -2.20. The van der Waals surface area contributed by atoms with Gasteiger partial charge in [-0.3, -0.25) is 4.79 Å². The summed E-state index contributed by atoms with van der Waals surface area (Å²) in [6, 6.07) is 7.94. The van der Waals surface area contributed by atoms with Crippen LogP contribution in [-0.4, -0.2) is 17.4 Å². The Kier molecular flexibility index (Phi) is 4.12. The van der Waals surface area contributed by atoms with E-state index in [9.17, 15) is 9.59 Å². The lowest BCUT2D eigenvalue weighted by Crippen LogP contribution is -2.26. The van der Waals surface area contributed by atoms with E-state index in [4.69, 9.17) is 4.74 Å². The fourth-order valence-corrected chi connectivity index (χ4v) is 2.26. The van der Waals surface area contributed by atoms with Gasteiger partial charge in [0.15, 0.2) is 5.78 Å². The lowest BCUT2D eigenvalue weighted by molar-refractivity contribution is -0.150. The molecule has 0 amide bonds. The van der Waals surface area contributed by atoms with Gasteiger partial charge in [-0.1, -0.05) is 42.5 Å². The molecule has 110 valence electrons. The zero-order chi connectivity index (χ0) is 15.6. The zero-order valence-electron chi connectivity index (χ0n) is 12.8. The van der Waals surface area contributed by atoms with E-state index < -0.39 is 11.6 Å². The number of esters is 1. The van der Waals surface area contributed by atoms with Crippen LogP contribution < -0.4 is 0 Å². The molecule has 0 spiro atoms. The van der Waals surface area contributed by atoms with Gasteiger partial charge in [0, 0.05) is 5.92 Å². The third-order valence-electron chi connectivity index (χ3n) is 3.18. The van der Waals surface area contributed by atoms with Gasteiger partial charge in [0.25, 0.3) is 0 Å². The van der Waals surface area contributed by atoms with Gasteiger partial charge in [-0.15, -0.1) is 0 Å². The van der Waals surface area contributed by atoms with Gasteiger partial charge in [0.2, 0.25) is 0 Å². The van der Waals surface area contributed by atoms with Crippen molar-refractivity contribution in [1.82, 2.24) is 0 Å². The normalized spacial score (nSPS) is 17.5. The Labute approximate surface area is 125 Å². The minimum atomic E-state index is -0.616. The molecule has 1 aliphatic rings. The number of fused-ring (bicyclic) bond motifs is 1. The number of rotatable bonds is 3. The summed E-state index contributed by atoms with van der Waals surface area (Å²) in [5.74, 6) is -0.901. The monoisotopic (exact) mass is 284 g/mol. The van der Waals surface area contributed by atoms with Crippen LogP contribution in [0.5, 0.6) is 0 Å². The molecule has 1 unspecified atom stereocenters. The summed E-state index contributed by atoms with van der Waals surface area (Å²) in [5.41, 5.74) is 1.71. The molecule has 3 heteroatoms. The van der Waals surface area contributed by atoms with E-state index in [0.29, 0.717) is 0 Å². The third-order valence-corrected chi connectivity index (χ3v) is 3.18. The lowest BCUT2D eigenvalue weighted by atomic mass is 9.97. The van der Waals surface area contributed by atoms with Gasteiger partial charge in [0.05, 0.1) is 5.57 Å². The van der Waals surface area contributed by atoms with Gasteiger partial charge >= 0.3 is 5.97 Å². The summed E-state index contributed by atoms with van der Waals surface area (Å²) in [6.07, 6.45) is 5.68. The first kappa shape index (κ1) is 15.2. The van der Waals surface area contributed by atoms with E-state index in [1.807, 2.05) is 36.4 Å². The summed E-state index contributed by atoms with van der Waals surface area (Å²) in [6.45, 7) is 6.74. The molecule has 0 bridgehead atoms. The molecule has 2 rings (SSSR count). The molecule has 0 heterocycles. The second-order valence-corrected chi connectivity index (χ2v) is 6.15. The highest BCUT2D eigenvalue weighted by Gasteiger charge is 2.25. The van der Waals surface area contributed by atoms with Crippen LogP contribution in [0.25, 0.3) is 6.08 Å². The first-order valence-electron chi connectivity index (χ1n) is 7.01. The van der Waals surface area contributed by atoms with Crippen LogP contribution in [0.2, 0.25) is 0 Å². The summed E-state index contributed by atoms with van der Waals surface area (Å²) >= 11 is 0. The molecule has 0 fully saturated rings. The fraction of sp³-hybridized carbons (Fsp3) is 0.333. The van der Waals surface area contributed by atoms with Crippen molar-refractivity contribution in [2.24, 2.45) is 0 Å². The van der Waals surface area contributed by atoms with Crippen LogP contribution in [0.1, 0.15) is 44.7 Å². The van der Waals surface area contributed by atoms with Crippen LogP contribution in [-0.2, 0) is 14.3 Å². The predicted molar refractivity (Wildman–Crippen MR) is 82.8 cm³/mol. The highest BCUT2D eigenvalue weighted by molar-refractivity contribution is 6.16. The van der Waals surface area contributed by atoms with Crippen molar-refractivity contribution in [3.8, 4) is 0 Å². The summed E-state index contributed by atoms with van der Waals surface area (Å²) in [5, 5.41) is 0. The van der Waals surface area contributed by atoms with E-state index in [2.05, 4.69) is 0 Å². The Morgan fingerprint density at radius 1 is 1.19 bits per heavy atom. The fourth-order valence-electron chi connectivity index (χ4n) is 2.26. The van der Waals surface area contributed by atoms with Crippen molar-refractivity contribution >= 4 is 17.8 Å². The van der Waals surface area contributed by atoms with Gasteiger partial charge in [-0.2, -0.15) is 0 Å². The molecule has 21 heavy (non-hydrogen) atoms. The summed E-state index contributed by atoms with van der Waals surface area (Å²) in [4.78, 5) is 23.9. The van der Waals surface area contributed by atoms with Crippen molar-refractivity contribution in [3.05, 3.63) is 53.1 Å². The Balaban J connectivity index is 2.30. The maximum absolute atomic E-state index is 12.2. The zero-order valence-corrected chi connectivity index (χ0v) is 12.8. The number of Topliss-reactive ketones (excluding diaryl/α,β-unsaturated/α-hetero) is 1. The van der Waals surface area contributed by atoms with E-state index in [1.54, 1.807) is 26.8 Å². The third kappa shape index (κ3) is 3.69. The van der Waals surface area contributed by atoms with Gasteiger partial charge in [-0.25, -0.2) is 4.79 Å². The highest BCUT2D eigenvalue weighted by Crippen LogP contribution is 2.32. The van der Waals surface area contributed by atoms with Gasteiger partial charge < -0.3 is 4.74 Å². The van der Waals surface area contributed by atoms with Crippen molar-refractivity contribution in [1.29, 1.82) is 0 Å². The maximum Gasteiger partial charge on any atom is 0.341 e. The van der Waals surface area contributed by atoms with Gasteiger partial charge in [0.1, 0.15) is 5.60 Å². The minimum absolute atomic E-state index is 0.0624. The Bertz CT molecular complexity index is 630. The SMILES string of the molecule is CC(=O)C(=CC1C=Cc2ccccc21)C(=O)OC(C)(C)C. The van der Waals surface area contributed by atoms with E-state index in [0.717, 1.165) is 11.1 Å². The molecule has 1 aromatic rings. The van der Waals surface area contributed by atoms with E-state index in [1.165, 1.54) is 6.92 Å². The van der Waals surface area contributed by atoms with Crippen molar-refractivity contribution < 1.29 is 14.3 Å². The Hall–Kier alpha value is -2.16. The number of ketones is 1. The molecule has 0 aromatic heterocycles. The van der Waals surface area contributed by atoms with E-state index in [-0.39, 0.29) is 17.3 Å². The average molecular weight is 284 g/mol. The highest BCUT2D eigenvalue weighted by atomic mass is 16.6. The number of hydrogen-bond donors (Lipinski definition) is 0. The molecule has 0 radical (unpaired) electrons. The first-order chi connectivity index (χ1) is 9.78. The van der Waals surface area contributed by atoms with Crippen molar-refractivity contribution in [3.63, 3.8) is 0 Å². The molecule has 0 N–H and O–H groups in total. The van der Waals surface area contributed by atoms with Crippen molar-refractivity contribution in [2.45, 2.75) is 39.2 Å². The number of carbonyl (C=O) groups excluding carboxylic acids is 2. The molecule has 0 saturated carbocycles. The number of benzene rings is 1.